The van der Waals surface area contributed by atoms with Gasteiger partial charge in [-0.25, -0.2) is 0 Å². The van der Waals surface area contributed by atoms with Crippen LogP contribution in [-0.4, -0.2) is 5.78 Å². The number of halogens is 1. The zero-order chi connectivity index (χ0) is 12.2. The Kier molecular flexibility index (Phi) is 4.55. The molecule has 0 fully saturated rings. The van der Waals surface area contributed by atoms with E-state index in [9.17, 15) is 4.79 Å². The van der Waals surface area contributed by atoms with Crippen molar-refractivity contribution in [1.29, 1.82) is 0 Å². The average molecular weight is 239 g/mol. The van der Waals surface area contributed by atoms with Crippen LogP contribution in [0.25, 0.3) is 0 Å². The fourth-order valence-electron chi connectivity index (χ4n) is 1.88. The Labute approximate surface area is 103 Å². The van der Waals surface area contributed by atoms with Crippen molar-refractivity contribution >= 4 is 17.4 Å². The summed E-state index contributed by atoms with van der Waals surface area (Å²) in [7, 11) is 0. The van der Waals surface area contributed by atoms with E-state index in [0.29, 0.717) is 18.6 Å². The summed E-state index contributed by atoms with van der Waals surface area (Å²) in [6.45, 7) is 6.19. The standard InChI is InChI=1S/C14H19ClO/c1-4-13(16)10-14(2,3)9-11-5-7-12(15)8-6-11/h5-8H,4,9-10H2,1-3H3. The van der Waals surface area contributed by atoms with Crippen molar-refractivity contribution < 1.29 is 4.79 Å². The molecule has 1 aromatic carbocycles. The Morgan fingerprint density at radius 1 is 1.25 bits per heavy atom. The van der Waals surface area contributed by atoms with Crippen LogP contribution < -0.4 is 0 Å². The van der Waals surface area contributed by atoms with Gasteiger partial charge in [0.15, 0.2) is 0 Å². The lowest BCUT2D eigenvalue weighted by molar-refractivity contribution is -0.120. The average Bonchev–Trinajstić information content (AvgIpc) is 2.20. The Balaban J connectivity index is 2.64. The van der Waals surface area contributed by atoms with Gasteiger partial charge in [-0.3, -0.25) is 4.79 Å². The van der Waals surface area contributed by atoms with Crippen molar-refractivity contribution in [2.75, 3.05) is 0 Å². The highest BCUT2D eigenvalue weighted by molar-refractivity contribution is 6.30. The molecule has 0 amide bonds. The van der Waals surface area contributed by atoms with Crippen LogP contribution in [0.1, 0.15) is 39.2 Å². The quantitative estimate of drug-likeness (QED) is 0.749. The summed E-state index contributed by atoms with van der Waals surface area (Å²) in [4.78, 5) is 11.5. The molecule has 0 aliphatic rings. The second kappa shape index (κ2) is 5.49. The van der Waals surface area contributed by atoms with Crippen molar-refractivity contribution in [3.05, 3.63) is 34.9 Å². The zero-order valence-corrected chi connectivity index (χ0v) is 11.0. The van der Waals surface area contributed by atoms with Gasteiger partial charge >= 0.3 is 0 Å². The Bertz CT molecular complexity index is 352. The number of ketones is 1. The second-order valence-electron chi connectivity index (χ2n) is 5.04. The van der Waals surface area contributed by atoms with Gasteiger partial charge in [-0.05, 0) is 29.5 Å². The summed E-state index contributed by atoms with van der Waals surface area (Å²) < 4.78 is 0. The number of carbonyl (C=O) groups excluding carboxylic acids is 1. The minimum atomic E-state index is 0.0287. The molecular weight excluding hydrogens is 220 g/mol. The van der Waals surface area contributed by atoms with E-state index in [0.717, 1.165) is 11.4 Å². The van der Waals surface area contributed by atoms with Crippen molar-refractivity contribution in [3.8, 4) is 0 Å². The molecule has 0 aliphatic heterocycles. The van der Waals surface area contributed by atoms with Crippen LogP contribution >= 0.6 is 11.6 Å². The number of benzene rings is 1. The minimum absolute atomic E-state index is 0.0287. The highest BCUT2D eigenvalue weighted by Crippen LogP contribution is 2.27. The third-order valence-corrected chi connectivity index (χ3v) is 2.92. The predicted molar refractivity (Wildman–Crippen MR) is 68.9 cm³/mol. The maximum absolute atomic E-state index is 11.5. The monoisotopic (exact) mass is 238 g/mol. The maximum atomic E-state index is 11.5. The molecule has 0 aromatic heterocycles. The Morgan fingerprint density at radius 2 is 1.81 bits per heavy atom. The molecule has 1 rings (SSSR count). The molecule has 0 heterocycles. The van der Waals surface area contributed by atoms with Gasteiger partial charge in [0.1, 0.15) is 5.78 Å². The molecule has 0 saturated carbocycles. The van der Waals surface area contributed by atoms with Crippen LogP contribution in [0.4, 0.5) is 0 Å². The molecule has 0 saturated heterocycles. The minimum Gasteiger partial charge on any atom is -0.300 e. The van der Waals surface area contributed by atoms with Gasteiger partial charge in [-0.2, -0.15) is 0 Å². The number of rotatable bonds is 5. The third kappa shape index (κ3) is 4.36. The lowest BCUT2D eigenvalue weighted by Gasteiger charge is -2.23. The molecule has 0 spiro atoms. The Hall–Kier alpha value is -0.820. The molecule has 16 heavy (non-hydrogen) atoms. The molecule has 2 heteroatoms. The molecule has 0 unspecified atom stereocenters. The molecule has 0 bridgehead atoms. The fourth-order valence-corrected chi connectivity index (χ4v) is 2.00. The van der Waals surface area contributed by atoms with Crippen LogP contribution in [-0.2, 0) is 11.2 Å². The predicted octanol–water partition coefficient (Wildman–Crippen LogP) is 4.28. The van der Waals surface area contributed by atoms with Gasteiger partial charge in [0.05, 0.1) is 0 Å². The molecular formula is C14H19ClO. The summed E-state index contributed by atoms with van der Waals surface area (Å²) in [6.07, 6.45) is 2.19. The van der Waals surface area contributed by atoms with Crippen molar-refractivity contribution in [2.24, 2.45) is 5.41 Å². The van der Waals surface area contributed by atoms with Crippen LogP contribution in [0, 0.1) is 5.41 Å². The zero-order valence-electron chi connectivity index (χ0n) is 10.2. The number of Topliss-reactive ketones (excluding diaryl/α,β-unsaturated/α-hetero) is 1. The van der Waals surface area contributed by atoms with Crippen LogP contribution in [0.5, 0.6) is 0 Å². The van der Waals surface area contributed by atoms with Gasteiger partial charge in [-0.15, -0.1) is 0 Å². The van der Waals surface area contributed by atoms with E-state index in [1.54, 1.807) is 0 Å². The second-order valence-corrected chi connectivity index (χ2v) is 5.47. The van der Waals surface area contributed by atoms with Gasteiger partial charge in [0.2, 0.25) is 0 Å². The van der Waals surface area contributed by atoms with Gasteiger partial charge in [0, 0.05) is 17.9 Å². The van der Waals surface area contributed by atoms with Crippen molar-refractivity contribution in [2.45, 2.75) is 40.0 Å². The van der Waals surface area contributed by atoms with E-state index in [1.165, 1.54) is 5.56 Å². The summed E-state index contributed by atoms with van der Waals surface area (Å²) in [6, 6.07) is 7.85. The van der Waals surface area contributed by atoms with E-state index in [-0.39, 0.29) is 5.41 Å². The van der Waals surface area contributed by atoms with Gasteiger partial charge < -0.3 is 0 Å². The van der Waals surface area contributed by atoms with E-state index >= 15 is 0 Å². The molecule has 1 aromatic rings. The van der Waals surface area contributed by atoms with Gasteiger partial charge in [0.25, 0.3) is 0 Å². The first-order valence-corrected chi connectivity index (χ1v) is 6.07. The topological polar surface area (TPSA) is 17.1 Å². The first-order valence-electron chi connectivity index (χ1n) is 5.69. The van der Waals surface area contributed by atoms with Crippen LogP contribution in [0.2, 0.25) is 5.02 Å². The first kappa shape index (κ1) is 13.2. The molecule has 0 atom stereocenters. The maximum Gasteiger partial charge on any atom is 0.133 e. The third-order valence-electron chi connectivity index (χ3n) is 2.67. The van der Waals surface area contributed by atoms with E-state index in [4.69, 9.17) is 11.6 Å². The molecule has 1 nitrogen and oxygen atoms in total. The molecule has 0 N–H and O–H groups in total. The Morgan fingerprint density at radius 3 is 2.31 bits per heavy atom. The largest absolute Gasteiger partial charge is 0.300 e. The summed E-state index contributed by atoms with van der Waals surface area (Å²) in [5.41, 5.74) is 1.26. The van der Waals surface area contributed by atoms with Gasteiger partial charge in [-0.1, -0.05) is 44.5 Å². The lowest BCUT2D eigenvalue weighted by atomic mass is 9.81. The summed E-state index contributed by atoms with van der Waals surface area (Å²) in [5.74, 6) is 0.332. The number of hydrogen-bond donors (Lipinski definition) is 0. The number of carbonyl (C=O) groups is 1. The van der Waals surface area contributed by atoms with Crippen molar-refractivity contribution in [3.63, 3.8) is 0 Å². The fraction of sp³-hybridized carbons (Fsp3) is 0.500. The highest BCUT2D eigenvalue weighted by atomic mass is 35.5. The normalized spacial score (nSPS) is 11.5. The number of hydrogen-bond acceptors (Lipinski definition) is 1. The highest BCUT2D eigenvalue weighted by Gasteiger charge is 2.21. The van der Waals surface area contributed by atoms with Crippen molar-refractivity contribution in [1.82, 2.24) is 0 Å². The van der Waals surface area contributed by atoms with Crippen LogP contribution in [0.3, 0.4) is 0 Å². The molecule has 88 valence electrons. The van der Waals surface area contributed by atoms with Crippen LogP contribution in [0.15, 0.2) is 24.3 Å². The SMILES string of the molecule is CCC(=O)CC(C)(C)Cc1ccc(Cl)cc1. The first-order chi connectivity index (χ1) is 7.43. The molecule has 0 radical (unpaired) electrons. The molecule has 0 aliphatic carbocycles. The summed E-state index contributed by atoms with van der Waals surface area (Å²) in [5, 5.41) is 0.756. The lowest BCUT2D eigenvalue weighted by Crippen LogP contribution is -2.19. The van der Waals surface area contributed by atoms with E-state index in [2.05, 4.69) is 13.8 Å². The smallest absolute Gasteiger partial charge is 0.133 e. The van der Waals surface area contributed by atoms with E-state index in [1.807, 2.05) is 31.2 Å². The van der Waals surface area contributed by atoms with E-state index < -0.39 is 0 Å². The summed E-state index contributed by atoms with van der Waals surface area (Å²) >= 11 is 5.84.